The lowest BCUT2D eigenvalue weighted by atomic mass is 10.0. The summed E-state index contributed by atoms with van der Waals surface area (Å²) in [6.07, 6.45) is 0.0772. The van der Waals surface area contributed by atoms with E-state index in [-0.39, 0.29) is 18.1 Å². The highest BCUT2D eigenvalue weighted by atomic mass is 16.5. The van der Waals surface area contributed by atoms with E-state index in [2.05, 4.69) is 10.5 Å². The lowest BCUT2D eigenvalue weighted by Gasteiger charge is -2.12. The Balaban J connectivity index is 1.61. The minimum Gasteiger partial charge on any atom is -0.493 e. The van der Waals surface area contributed by atoms with Gasteiger partial charge in [0.25, 0.3) is 5.91 Å². The summed E-state index contributed by atoms with van der Waals surface area (Å²) in [5.41, 5.74) is 2.06. The molecule has 1 atom stereocenters. The number of aliphatic hydroxyl groups is 1. The van der Waals surface area contributed by atoms with Crippen molar-refractivity contribution < 1.29 is 19.2 Å². The number of rotatable bonds is 4. The second-order valence-electron chi connectivity index (χ2n) is 5.01. The fraction of sp³-hybridized carbons (Fsp3) is 0.333. The van der Waals surface area contributed by atoms with Crippen molar-refractivity contribution in [3.05, 3.63) is 46.8 Å². The first-order valence-corrected chi connectivity index (χ1v) is 6.78. The average Bonchev–Trinajstić information content (AvgIpc) is 3.12. The fourth-order valence-corrected chi connectivity index (χ4v) is 2.28. The Hall–Kier alpha value is -2.34. The van der Waals surface area contributed by atoms with E-state index in [4.69, 9.17) is 9.26 Å². The summed E-state index contributed by atoms with van der Waals surface area (Å²) >= 11 is 0. The second kappa shape index (κ2) is 5.57. The first kappa shape index (κ1) is 13.6. The van der Waals surface area contributed by atoms with Crippen LogP contribution in [-0.4, -0.2) is 29.3 Å². The van der Waals surface area contributed by atoms with Crippen LogP contribution >= 0.6 is 0 Å². The molecule has 3 rings (SSSR count). The van der Waals surface area contributed by atoms with Gasteiger partial charge in [-0.15, -0.1) is 0 Å². The van der Waals surface area contributed by atoms with Crippen molar-refractivity contribution in [3.63, 3.8) is 0 Å². The monoisotopic (exact) mass is 288 g/mol. The van der Waals surface area contributed by atoms with Crippen LogP contribution in [0.4, 0.5) is 0 Å². The van der Waals surface area contributed by atoms with Gasteiger partial charge in [0.1, 0.15) is 11.5 Å². The number of ether oxygens (including phenoxy) is 1. The van der Waals surface area contributed by atoms with E-state index < -0.39 is 6.10 Å². The highest BCUT2D eigenvalue weighted by molar-refractivity contribution is 5.92. The number of hydrogen-bond acceptors (Lipinski definition) is 5. The molecular formula is C15H16N2O4. The quantitative estimate of drug-likeness (QED) is 0.888. The molecule has 2 N–H and O–H groups in total. The Bertz CT molecular complexity index is 665. The number of nitrogens with zero attached hydrogens (tertiary/aromatic N) is 1. The van der Waals surface area contributed by atoms with Crippen molar-refractivity contribution in [1.29, 1.82) is 0 Å². The summed E-state index contributed by atoms with van der Waals surface area (Å²) in [4.78, 5) is 11.8. The van der Waals surface area contributed by atoms with Gasteiger partial charge in [-0.1, -0.05) is 11.2 Å². The number of aromatic nitrogens is 1. The maximum atomic E-state index is 11.8. The predicted molar refractivity (Wildman–Crippen MR) is 74.2 cm³/mol. The van der Waals surface area contributed by atoms with Gasteiger partial charge in [0.05, 0.1) is 12.7 Å². The third-order valence-corrected chi connectivity index (χ3v) is 3.41. The van der Waals surface area contributed by atoms with Gasteiger partial charge in [-0.05, 0) is 30.2 Å². The summed E-state index contributed by atoms with van der Waals surface area (Å²) in [6.45, 7) is 2.51. The molecule has 0 spiro atoms. The van der Waals surface area contributed by atoms with Gasteiger partial charge in [0, 0.05) is 19.0 Å². The highest BCUT2D eigenvalue weighted by Gasteiger charge is 2.17. The second-order valence-corrected chi connectivity index (χ2v) is 5.01. The van der Waals surface area contributed by atoms with E-state index in [1.165, 1.54) is 0 Å². The Morgan fingerprint density at radius 3 is 3.10 bits per heavy atom. The standard InChI is InChI=1S/C15H16N2O4/c1-9-6-12(17-21-9)15(19)16-8-13(18)10-2-3-14-11(7-10)4-5-20-14/h2-3,6-7,13,18H,4-5,8H2,1H3,(H,16,19)/t13-/m0/s1. The van der Waals surface area contributed by atoms with Crippen LogP contribution in [0.2, 0.25) is 0 Å². The van der Waals surface area contributed by atoms with Gasteiger partial charge in [-0.25, -0.2) is 0 Å². The van der Waals surface area contributed by atoms with E-state index in [0.29, 0.717) is 12.4 Å². The van der Waals surface area contributed by atoms with E-state index in [1.807, 2.05) is 12.1 Å². The molecule has 0 saturated carbocycles. The Kier molecular flexibility index (Phi) is 3.62. The first-order valence-electron chi connectivity index (χ1n) is 6.78. The number of carbonyl (C=O) groups excluding carboxylic acids is 1. The summed E-state index contributed by atoms with van der Waals surface area (Å²) < 4.78 is 10.3. The molecule has 0 saturated heterocycles. The number of amides is 1. The van der Waals surface area contributed by atoms with Crippen molar-refractivity contribution in [3.8, 4) is 5.75 Å². The lowest BCUT2D eigenvalue weighted by molar-refractivity contribution is 0.0907. The number of nitrogens with one attached hydrogen (secondary N) is 1. The molecule has 6 nitrogen and oxygen atoms in total. The van der Waals surface area contributed by atoms with Crippen LogP contribution in [0.25, 0.3) is 0 Å². The Morgan fingerprint density at radius 1 is 1.48 bits per heavy atom. The molecule has 21 heavy (non-hydrogen) atoms. The molecule has 0 unspecified atom stereocenters. The molecule has 2 aromatic rings. The molecule has 2 heterocycles. The van der Waals surface area contributed by atoms with Crippen molar-refractivity contribution in [2.75, 3.05) is 13.2 Å². The summed E-state index contributed by atoms with van der Waals surface area (Å²) in [6, 6.07) is 7.12. The smallest absolute Gasteiger partial charge is 0.273 e. The SMILES string of the molecule is Cc1cc(C(=O)NC[C@H](O)c2ccc3c(c2)CCO3)no1. The van der Waals surface area contributed by atoms with Crippen LogP contribution in [0, 0.1) is 6.92 Å². The molecule has 1 amide bonds. The molecule has 110 valence electrons. The third kappa shape index (κ3) is 2.90. The molecular weight excluding hydrogens is 272 g/mol. The maximum absolute atomic E-state index is 11.8. The van der Waals surface area contributed by atoms with E-state index in [9.17, 15) is 9.90 Å². The van der Waals surface area contributed by atoms with Gasteiger partial charge in [-0.3, -0.25) is 4.79 Å². The van der Waals surface area contributed by atoms with Crippen molar-refractivity contribution >= 4 is 5.91 Å². The van der Waals surface area contributed by atoms with Gasteiger partial charge in [-0.2, -0.15) is 0 Å². The van der Waals surface area contributed by atoms with Crippen LogP contribution in [0.15, 0.2) is 28.8 Å². The van der Waals surface area contributed by atoms with Gasteiger partial charge >= 0.3 is 0 Å². The normalized spacial score (nSPS) is 14.4. The minimum atomic E-state index is -0.771. The summed E-state index contributed by atoms with van der Waals surface area (Å²) in [5, 5.41) is 16.4. The largest absolute Gasteiger partial charge is 0.493 e. The van der Waals surface area contributed by atoms with Crippen LogP contribution in [0.5, 0.6) is 5.75 Å². The van der Waals surface area contributed by atoms with Crippen molar-refractivity contribution in [2.45, 2.75) is 19.4 Å². The minimum absolute atomic E-state index is 0.115. The number of aryl methyl sites for hydroxylation is 1. The van der Waals surface area contributed by atoms with Gasteiger partial charge in [0.2, 0.25) is 0 Å². The van der Waals surface area contributed by atoms with Crippen molar-refractivity contribution in [1.82, 2.24) is 10.5 Å². The van der Waals surface area contributed by atoms with E-state index in [1.54, 1.807) is 19.1 Å². The number of fused-ring (bicyclic) bond motifs is 1. The summed E-state index contributed by atoms with van der Waals surface area (Å²) in [7, 11) is 0. The van der Waals surface area contributed by atoms with E-state index in [0.717, 1.165) is 23.3 Å². The zero-order valence-electron chi connectivity index (χ0n) is 11.6. The molecule has 1 aromatic carbocycles. The molecule has 0 fully saturated rings. The fourth-order valence-electron chi connectivity index (χ4n) is 2.28. The van der Waals surface area contributed by atoms with Crippen LogP contribution in [-0.2, 0) is 6.42 Å². The highest BCUT2D eigenvalue weighted by Crippen LogP contribution is 2.28. The van der Waals surface area contributed by atoms with Crippen molar-refractivity contribution in [2.24, 2.45) is 0 Å². The third-order valence-electron chi connectivity index (χ3n) is 3.41. The van der Waals surface area contributed by atoms with Gasteiger partial charge < -0.3 is 19.7 Å². The summed E-state index contributed by atoms with van der Waals surface area (Å²) in [5.74, 6) is 1.07. The molecule has 1 aliphatic rings. The lowest BCUT2D eigenvalue weighted by Crippen LogP contribution is -2.28. The number of hydrogen-bond donors (Lipinski definition) is 2. The number of carbonyl (C=O) groups is 1. The van der Waals surface area contributed by atoms with E-state index >= 15 is 0 Å². The molecule has 0 bridgehead atoms. The molecule has 1 aliphatic heterocycles. The van der Waals surface area contributed by atoms with Crippen LogP contribution < -0.4 is 10.1 Å². The topological polar surface area (TPSA) is 84.6 Å². The number of aliphatic hydroxyl groups excluding tert-OH is 1. The first-order chi connectivity index (χ1) is 10.1. The Morgan fingerprint density at radius 2 is 2.33 bits per heavy atom. The zero-order valence-corrected chi connectivity index (χ0v) is 11.6. The molecule has 0 radical (unpaired) electrons. The maximum Gasteiger partial charge on any atom is 0.273 e. The Labute approximate surface area is 121 Å². The average molecular weight is 288 g/mol. The molecule has 1 aromatic heterocycles. The van der Waals surface area contributed by atoms with Gasteiger partial charge in [0.15, 0.2) is 5.69 Å². The number of benzene rings is 1. The van der Waals surface area contributed by atoms with Crippen LogP contribution in [0.1, 0.15) is 33.5 Å². The molecule has 6 heteroatoms. The van der Waals surface area contributed by atoms with Crippen LogP contribution in [0.3, 0.4) is 0 Å². The molecule has 0 aliphatic carbocycles. The predicted octanol–water partition coefficient (Wildman–Crippen LogP) is 1.38. The zero-order chi connectivity index (χ0) is 14.8.